The fourth-order valence-corrected chi connectivity index (χ4v) is 2.91. The van der Waals surface area contributed by atoms with Crippen LogP contribution in [0.1, 0.15) is 32.7 Å². The molecule has 2 N–H and O–H groups in total. The number of aliphatic imine (C=N–C) groups is 1. The van der Waals surface area contributed by atoms with Crippen molar-refractivity contribution in [1.29, 1.82) is 0 Å². The molecular weight excluding hydrogens is 284 g/mol. The normalized spacial score (nSPS) is 11.8. The van der Waals surface area contributed by atoms with Crippen molar-refractivity contribution >= 4 is 17.3 Å². The molecule has 0 bridgehead atoms. The number of aromatic nitrogens is 1. The first-order chi connectivity index (χ1) is 9.99. The summed E-state index contributed by atoms with van der Waals surface area (Å²) >= 11 is 1.72. The Hall–Kier alpha value is -1.82. The summed E-state index contributed by atoms with van der Waals surface area (Å²) in [4.78, 5) is 10.00. The Bertz CT molecular complexity index is 623. The molecule has 0 aromatic carbocycles. The summed E-state index contributed by atoms with van der Waals surface area (Å²) in [5.74, 6) is 2.64. The number of hydrogen-bond acceptors (Lipinski definition) is 4. The second kappa shape index (κ2) is 6.76. The smallest absolute Gasteiger partial charge is 0.191 e. The van der Waals surface area contributed by atoms with Crippen LogP contribution in [0.5, 0.6) is 0 Å². The number of nitrogens with one attached hydrogen (secondary N) is 2. The lowest BCUT2D eigenvalue weighted by Gasteiger charge is -2.10. The molecule has 2 aromatic rings. The predicted molar refractivity (Wildman–Crippen MR) is 86.8 cm³/mol. The average molecular weight is 306 g/mol. The quantitative estimate of drug-likeness (QED) is 0.673. The van der Waals surface area contributed by atoms with Crippen molar-refractivity contribution in [3.05, 3.63) is 38.7 Å². The topological polar surface area (TPSA) is 62.5 Å². The Morgan fingerprint density at radius 1 is 1.24 bits per heavy atom. The minimum absolute atomic E-state index is 0.683. The van der Waals surface area contributed by atoms with E-state index in [-0.39, 0.29) is 0 Å². The molecule has 0 radical (unpaired) electrons. The second-order valence-electron chi connectivity index (χ2n) is 4.97. The number of guanidine groups is 1. The van der Waals surface area contributed by atoms with Crippen LogP contribution >= 0.6 is 11.3 Å². The Morgan fingerprint density at radius 2 is 1.95 bits per heavy atom. The van der Waals surface area contributed by atoms with Gasteiger partial charge in [0.15, 0.2) is 5.96 Å². The highest BCUT2D eigenvalue weighted by Crippen LogP contribution is 2.16. The van der Waals surface area contributed by atoms with E-state index >= 15 is 0 Å². The third-order valence-corrected chi connectivity index (χ3v) is 4.37. The van der Waals surface area contributed by atoms with Gasteiger partial charge in [-0.2, -0.15) is 0 Å². The predicted octanol–water partition coefficient (Wildman–Crippen LogP) is 2.83. The van der Waals surface area contributed by atoms with Gasteiger partial charge in [0.25, 0.3) is 0 Å². The van der Waals surface area contributed by atoms with E-state index < -0.39 is 0 Å². The van der Waals surface area contributed by atoms with Crippen LogP contribution in [0.25, 0.3) is 0 Å². The van der Waals surface area contributed by atoms with Crippen LogP contribution < -0.4 is 10.6 Å². The zero-order chi connectivity index (χ0) is 15.4. The van der Waals surface area contributed by atoms with Crippen LogP contribution in [-0.4, -0.2) is 18.0 Å². The van der Waals surface area contributed by atoms with E-state index in [1.54, 1.807) is 18.4 Å². The maximum atomic E-state index is 5.52. The van der Waals surface area contributed by atoms with Gasteiger partial charge in [-0.15, -0.1) is 11.3 Å². The fourth-order valence-electron chi connectivity index (χ4n) is 2.03. The first kappa shape index (κ1) is 15.6. The average Bonchev–Trinajstić information content (AvgIpc) is 2.92. The molecule has 0 fully saturated rings. The molecule has 0 aliphatic rings. The Balaban J connectivity index is 1.87. The van der Waals surface area contributed by atoms with Crippen LogP contribution in [0, 0.1) is 27.7 Å². The molecular formula is C15H22N4OS. The molecule has 5 nitrogen and oxygen atoms in total. The van der Waals surface area contributed by atoms with Gasteiger partial charge in [-0.05, 0) is 33.8 Å². The van der Waals surface area contributed by atoms with E-state index in [1.165, 1.54) is 4.88 Å². The second-order valence-corrected chi connectivity index (χ2v) is 6.25. The van der Waals surface area contributed by atoms with E-state index in [2.05, 4.69) is 27.5 Å². The van der Waals surface area contributed by atoms with E-state index in [0.717, 1.165) is 33.7 Å². The Morgan fingerprint density at radius 3 is 2.48 bits per heavy atom. The zero-order valence-electron chi connectivity index (χ0n) is 13.2. The molecule has 21 heavy (non-hydrogen) atoms. The first-order valence-corrected chi connectivity index (χ1v) is 7.74. The van der Waals surface area contributed by atoms with Gasteiger partial charge < -0.3 is 15.1 Å². The zero-order valence-corrected chi connectivity index (χ0v) is 14.0. The van der Waals surface area contributed by atoms with Gasteiger partial charge in [0, 0.05) is 24.0 Å². The van der Waals surface area contributed by atoms with Crippen molar-refractivity contribution in [2.24, 2.45) is 4.99 Å². The van der Waals surface area contributed by atoms with Crippen molar-refractivity contribution in [3.8, 4) is 0 Å². The summed E-state index contributed by atoms with van der Waals surface area (Å²) in [5, 5.41) is 7.64. The lowest BCUT2D eigenvalue weighted by Crippen LogP contribution is -2.36. The molecule has 0 unspecified atom stereocenters. The van der Waals surface area contributed by atoms with Gasteiger partial charge in [0.2, 0.25) is 0 Å². The van der Waals surface area contributed by atoms with Gasteiger partial charge in [-0.3, -0.25) is 4.99 Å². The maximum Gasteiger partial charge on any atom is 0.191 e. The van der Waals surface area contributed by atoms with Crippen LogP contribution in [0.2, 0.25) is 0 Å². The molecule has 0 aliphatic heterocycles. The molecule has 114 valence electrons. The van der Waals surface area contributed by atoms with Crippen molar-refractivity contribution in [1.82, 2.24) is 15.6 Å². The highest BCUT2D eigenvalue weighted by atomic mass is 32.1. The number of furan rings is 1. The summed E-state index contributed by atoms with van der Waals surface area (Å²) < 4.78 is 5.52. The molecule has 2 aromatic heterocycles. The van der Waals surface area contributed by atoms with Crippen LogP contribution in [0.4, 0.5) is 0 Å². The van der Waals surface area contributed by atoms with Gasteiger partial charge in [0.1, 0.15) is 16.5 Å². The first-order valence-electron chi connectivity index (χ1n) is 6.93. The van der Waals surface area contributed by atoms with Gasteiger partial charge in [-0.1, -0.05) is 0 Å². The van der Waals surface area contributed by atoms with Crippen molar-refractivity contribution in [2.75, 3.05) is 7.05 Å². The Kier molecular flexibility index (Phi) is 5.01. The molecule has 0 spiro atoms. The van der Waals surface area contributed by atoms with Gasteiger partial charge in [-0.25, -0.2) is 4.98 Å². The van der Waals surface area contributed by atoms with Crippen molar-refractivity contribution in [2.45, 2.75) is 40.8 Å². The van der Waals surface area contributed by atoms with E-state index in [4.69, 9.17) is 4.42 Å². The fraction of sp³-hybridized carbons (Fsp3) is 0.467. The summed E-state index contributed by atoms with van der Waals surface area (Å²) in [7, 11) is 1.77. The molecule has 0 saturated heterocycles. The molecule has 0 atom stereocenters. The van der Waals surface area contributed by atoms with Crippen LogP contribution in [-0.2, 0) is 13.1 Å². The third-order valence-electron chi connectivity index (χ3n) is 3.29. The molecule has 0 amide bonds. The van der Waals surface area contributed by atoms with E-state index in [0.29, 0.717) is 13.1 Å². The monoisotopic (exact) mass is 306 g/mol. The number of rotatable bonds is 4. The van der Waals surface area contributed by atoms with Gasteiger partial charge in [0.05, 0.1) is 12.2 Å². The lowest BCUT2D eigenvalue weighted by molar-refractivity contribution is 0.500. The van der Waals surface area contributed by atoms with Crippen LogP contribution in [0.15, 0.2) is 15.5 Å². The van der Waals surface area contributed by atoms with E-state index in [1.807, 2.05) is 26.8 Å². The summed E-state index contributed by atoms with van der Waals surface area (Å²) in [5.41, 5.74) is 2.25. The lowest BCUT2D eigenvalue weighted by atomic mass is 10.2. The Labute approximate surface area is 129 Å². The van der Waals surface area contributed by atoms with E-state index in [9.17, 15) is 0 Å². The number of aryl methyl sites for hydroxylation is 4. The highest BCUT2D eigenvalue weighted by molar-refractivity contribution is 7.11. The van der Waals surface area contributed by atoms with Gasteiger partial charge >= 0.3 is 0 Å². The van der Waals surface area contributed by atoms with Crippen molar-refractivity contribution < 1.29 is 4.42 Å². The minimum atomic E-state index is 0.683. The molecule has 2 rings (SSSR count). The molecule has 0 saturated carbocycles. The summed E-state index contributed by atoms with van der Waals surface area (Å²) in [6, 6.07) is 2.04. The highest BCUT2D eigenvalue weighted by Gasteiger charge is 2.07. The maximum absolute atomic E-state index is 5.52. The number of nitrogens with zero attached hydrogens (tertiary/aromatic N) is 2. The standard InChI is InChI=1S/C15H22N4OS/c1-9-6-13(11(3)20-9)7-17-15(16-5)18-8-14-19-10(2)12(4)21-14/h6H,7-8H2,1-5H3,(H2,16,17,18). The number of thiazole rings is 1. The van der Waals surface area contributed by atoms with Crippen LogP contribution in [0.3, 0.4) is 0 Å². The minimum Gasteiger partial charge on any atom is -0.466 e. The number of hydrogen-bond donors (Lipinski definition) is 2. The molecule has 6 heteroatoms. The largest absolute Gasteiger partial charge is 0.466 e. The molecule has 0 aliphatic carbocycles. The van der Waals surface area contributed by atoms with Crippen molar-refractivity contribution in [3.63, 3.8) is 0 Å². The third kappa shape index (κ3) is 4.07. The SMILES string of the molecule is CN=C(NCc1nc(C)c(C)s1)NCc1cc(C)oc1C. The summed E-state index contributed by atoms with van der Waals surface area (Å²) in [6.45, 7) is 9.43. The summed E-state index contributed by atoms with van der Waals surface area (Å²) in [6.07, 6.45) is 0. The molecule has 2 heterocycles.